The van der Waals surface area contributed by atoms with Gasteiger partial charge in [-0.3, -0.25) is 14.9 Å². The van der Waals surface area contributed by atoms with Gasteiger partial charge in [-0.15, -0.1) is 22.7 Å². The smallest absolute Gasteiger partial charge is 0.269 e. The summed E-state index contributed by atoms with van der Waals surface area (Å²) >= 11 is 2.34. The van der Waals surface area contributed by atoms with E-state index in [1.165, 1.54) is 27.8 Å². The first kappa shape index (κ1) is 21.6. The van der Waals surface area contributed by atoms with Crippen LogP contribution >= 0.6 is 22.7 Å². The number of piperidine rings is 1. The number of non-ortho nitro benzene ring substituents is 1. The number of thiophene rings is 1. The van der Waals surface area contributed by atoms with Crippen molar-refractivity contribution >= 4 is 49.4 Å². The second-order valence-electron chi connectivity index (χ2n) is 6.89. The monoisotopic (exact) mass is 478 g/mol. The van der Waals surface area contributed by atoms with Gasteiger partial charge in [-0.25, -0.2) is 13.4 Å². The van der Waals surface area contributed by atoms with E-state index in [1.54, 1.807) is 35.0 Å². The molecular formula is C19H18N4O5S3. The van der Waals surface area contributed by atoms with Crippen LogP contribution in [0.1, 0.15) is 19.3 Å². The minimum Gasteiger partial charge on any atom is -0.301 e. The Labute approximate surface area is 186 Å². The molecule has 9 nitrogen and oxygen atoms in total. The van der Waals surface area contributed by atoms with Crippen molar-refractivity contribution in [2.45, 2.75) is 29.5 Å². The van der Waals surface area contributed by atoms with Crippen LogP contribution in [-0.2, 0) is 14.8 Å². The summed E-state index contributed by atoms with van der Waals surface area (Å²) in [5.41, 5.74) is 1.24. The largest absolute Gasteiger partial charge is 0.301 e. The maximum absolute atomic E-state index is 13.0. The number of hydrogen-bond acceptors (Lipinski definition) is 8. The van der Waals surface area contributed by atoms with Gasteiger partial charge >= 0.3 is 0 Å². The van der Waals surface area contributed by atoms with Gasteiger partial charge in [-0.05, 0) is 36.4 Å². The van der Waals surface area contributed by atoms with E-state index in [-0.39, 0.29) is 9.90 Å². The SMILES string of the molecule is O=C(Nc1nc(-c2ccc([N+](=O)[O-])cc2)cs1)C1CCCCN1S(=O)(=O)c1cccs1. The summed E-state index contributed by atoms with van der Waals surface area (Å²) in [6.45, 7) is 0.296. The Morgan fingerprint density at radius 1 is 1.19 bits per heavy atom. The van der Waals surface area contributed by atoms with Crippen molar-refractivity contribution in [3.8, 4) is 11.3 Å². The average Bonchev–Trinajstić information content (AvgIpc) is 3.47. The molecule has 0 radical (unpaired) electrons. The van der Waals surface area contributed by atoms with Gasteiger partial charge in [-0.1, -0.05) is 12.5 Å². The number of carbonyl (C=O) groups is 1. The van der Waals surface area contributed by atoms with Crippen molar-refractivity contribution in [2.75, 3.05) is 11.9 Å². The molecule has 0 aliphatic carbocycles. The van der Waals surface area contributed by atoms with Crippen LogP contribution in [0.2, 0.25) is 0 Å². The highest BCUT2D eigenvalue weighted by molar-refractivity contribution is 7.91. The predicted octanol–water partition coefficient (Wildman–Crippen LogP) is 3.96. The molecule has 1 amide bonds. The predicted molar refractivity (Wildman–Crippen MR) is 119 cm³/mol. The molecule has 2 aromatic heterocycles. The number of aromatic nitrogens is 1. The van der Waals surface area contributed by atoms with Crippen LogP contribution in [-0.4, -0.2) is 41.1 Å². The van der Waals surface area contributed by atoms with Crippen LogP contribution in [0.15, 0.2) is 51.4 Å². The topological polar surface area (TPSA) is 123 Å². The van der Waals surface area contributed by atoms with Crippen molar-refractivity contribution in [3.05, 3.63) is 57.3 Å². The lowest BCUT2D eigenvalue weighted by atomic mass is 10.0. The van der Waals surface area contributed by atoms with Gasteiger partial charge < -0.3 is 5.32 Å². The van der Waals surface area contributed by atoms with E-state index in [2.05, 4.69) is 10.3 Å². The molecule has 1 aliphatic heterocycles. The number of carbonyl (C=O) groups excluding carboxylic acids is 1. The van der Waals surface area contributed by atoms with Crippen molar-refractivity contribution in [3.63, 3.8) is 0 Å². The summed E-state index contributed by atoms with van der Waals surface area (Å²) in [6, 6.07) is 8.38. The first-order valence-corrected chi connectivity index (χ1v) is 12.6. The molecule has 1 fully saturated rings. The lowest BCUT2D eigenvalue weighted by molar-refractivity contribution is -0.384. The zero-order chi connectivity index (χ0) is 22.0. The number of nitrogens with zero attached hydrogens (tertiary/aromatic N) is 3. The second-order valence-corrected chi connectivity index (χ2v) is 10.8. The Bertz CT molecular complexity index is 1190. The summed E-state index contributed by atoms with van der Waals surface area (Å²) in [6.07, 6.45) is 1.91. The highest BCUT2D eigenvalue weighted by atomic mass is 32.2. The van der Waals surface area contributed by atoms with Crippen molar-refractivity contribution in [1.82, 2.24) is 9.29 Å². The molecular weight excluding hydrogens is 460 g/mol. The highest BCUT2D eigenvalue weighted by Gasteiger charge is 2.38. The van der Waals surface area contributed by atoms with E-state index in [0.29, 0.717) is 35.8 Å². The Balaban J connectivity index is 1.50. The highest BCUT2D eigenvalue weighted by Crippen LogP contribution is 2.30. The molecule has 1 saturated heterocycles. The van der Waals surface area contributed by atoms with Crippen molar-refractivity contribution < 1.29 is 18.1 Å². The molecule has 1 aliphatic rings. The van der Waals surface area contributed by atoms with Crippen molar-refractivity contribution in [2.24, 2.45) is 0 Å². The van der Waals surface area contributed by atoms with Crippen LogP contribution in [0.5, 0.6) is 0 Å². The quantitative estimate of drug-likeness (QED) is 0.423. The molecule has 12 heteroatoms. The van der Waals surface area contributed by atoms with Crippen LogP contribution in [0.3, 0.4) is 0 Å². The molecule has 0 saturated carbocycles. The minimum atomic E-state index is -3.74. The van der Waals surface area contributed by atoms with Gasteiger partial charge in [-0.2, -0.15) is 4.31 Å². The molecule has 162 valence electrons. The third-order valence-electron chi connectivity index (χ3n) is 4.92. The summed E-state index contributed by atoms with van der Waals surface area (Å²) in [7, 11) is -3.74. The number of sulfonamides is 1. The van der Waals surface area contributed by atoms with Gasteiger partial charge in [0.1, 0.15) is 10.3 Å². The number of hydrogen-bond donors (Lipinski definition) is 1. The number of amides is 1. The van der Waals surface area contributed by atoms with E-state index in [9.17, 15) is 23.3 Å². The van der Waals surface area contributed by atoms with Gasteiger partial charge in [0.05, 0.1) is 10.6 Å². The first-order chi connectivity index (χ1) is 14.9. The van der Waals surface area contributed by atoms with Gasteiger partial charge in [0.25, 0.3) is 15.7 Å². The van der Waals surface area contributed by atoms with Gasteiger partial charge in [0.2, 0.25) is 5.91 Å². The van der Waals surface area contributed by atoms with Crippen LogP contribution in [0, 0.1) is 10.1 Å². The van der Waals surface area contributed by atoms with Crippen LogP contribution in [0.25, 0.3) is 11.3 Å². The van der Waals surface area contributed by atoms with Crippen LogP contribution < -0.4 is 5.32 Å². The first-order valence-electron chi connectivity index (χ1n) is 9.43. The lowest BCUT2D eigenvalue weighted by Gasteiger charge is -2.32. The number of rotatable bonds is 6. The Morgan fingerprint density at radius 2 is 1.97 bits per heavy atom. The Morgan fingerprint density at radius 3 is 2.65 bits per heavy atom. The fourth-order valence-electron chi connectivity index (χ4n) is 3.39. The molecule has 31 heavy (non-hydrogen) atoms. The fraction of sp³-hybridized carbons (Fsp3) is 0.263. The van der Waals surface area contributed by atoms with E-state index in [1.807, 2.05) is 0 Å². The number of thiazole rings is 1. The number of nitro benzene ring substituents is 1. The summed E-state index contributed by atoms with van der Waals surface area (Å²) < 4.78 is 27.5. The third kappa shape index (κ3) is 4.51. The maximum Gasteiger partial charge on any atom is 0.269 e. The molecule has 0 spiro atoms. The molecule has 3 heterocycles. The Hall–Kier alpha value is -2.67. The summed E-state index contributed by atoms with van der Waals surface area (Å²) in [5.74, 6) is -0.413. The second kappa shape index (κ2) is 8.83. The summed E-state index contributed by atoms with van der Waals surface area (Å²) in [5, 5.41) is 17.3. The van der Waals surface area contributed by atoms with E-state index in [4.69, 9.17) is 0 Å². The third-order valence-corrected chi connectivity index (χ3v) is 8.96. The molecule has 3 aromatic rings. The van der Waals surface area contributed by atoms with Gasteiger partial charge in [0, 0.05) is 29.6 Å². The number of nitro groups is 1. The molecule has 0 bridgehead atoms. The molecule has 1 atom stereocenters. The zero-order valence-electron chi connectivity index (χ0n) is 16.1. The normalized spacial score (nSPS) is 17.4. The summed E-state index contributed by atoms with van der Waals surface area (Å²) in [4.78, 5) is 27.6. The number of benzene rings is 1. The van der Waals surface area contributed by atoms with E-state index in [0.717, 1.165) is 17.8 Å². The molecule has 1 unspecified atom stereocenters. The average molecular weight is 479 g/mol. The number of anilines is 1. The van der Waals surface area contributed by atoms with Crippen LogP contribution in [0.4, 0.5) is 10.8 Å². The molecule has 4 rings (SSSR count). The number of nitrogens with one attached hydrogen (secondary N) is 1. The van der Waals surface area contributed by atoms with E-state index >= 15 is 0 Å². The lowest BCUT2D eigenvalue weighted by Crippen LogP contribution is -2.49. The molecule has 1 aromatic carbocycles. The van der Waals surface area contributed by atoms with E-state index < -0.39 is 26.9 Å². The zero-order valence-corrected chi connectivity index (χ0v) is 18.6. The Kier molecular flexibility index (Phi) is 6.14. The fourth-order valence-corrected chi connectivity index (χ4v) is 6.89. The van der Waals surface area contributed by atoms with Crippen molar-refractivity contribution in [1.29, 1.82) is 0 Å². The van der Waals surface area contributed by atoms with Gasteiger partial charge in [0.15, 0.2) is 5.13 Å². The standard InChI is InChI=1S/C19H18N4O5S3/c24-18(16-4-1-2-10-22(16)31(27,28)17-5-3-11-29-17)21-19-20-15(12-30-19)13-6-8-14(9-7-13)23(25)26/h3,5-9,11-12,16H,1-2,4,10H2,(H,20,21,24). The molecule has 1 N–H and O–H groups in total. The minimum absolute atomic E-state index is 0.0168. The maximum atomic E-state index is 13.0.